The summed E-state index contributed by atoms with van der Waals surface area (Å²) < 4.78 is 38.3. The number of hydrogen-bond acceptors (Lipinski definition) is 14. The third-order valence-electron chi connectivity index (χ3n) is 10.3. The van der Waals surface area contributed by atoms with E-state index in [4.69, 9.17) is 39.8 Å². The number of carbonyl (C=O) groups excluding carboxylic acids is 1. The molecule has 1 aliphatic rings. The van der Waals surface area contributed by atoms with Crippen molar-refractivity contribution < 1.29 is 42.6 Å². The lowest BCUT2D eigenvalue weighted by atomic mass is 9.80. The first kappa shape index (κ1) is 42.1. The van der Waals surface area contributed by atoms with Crippen molar-refractivity contribution in [1.29, 1.82) is 0 Å². The molecule has 5 aromatic carbocycles. The molecule has 8 rings (SSSR count). The van der Waals surface area contributed by atoms with E-state index in [1.807, 2.05) is 84.9 Å². The van der Waals surface area contributed by atoms with Gasteiger partial charge < -0.3 is 38.2 Å². The molecule has 3 heterocycles. The molecule has 0 radical (unpaired) electrons. The lowest BCUT2D eigenvalue weighted by molar-refractivity contribution is -0.384. The molecule has 62 heavy (non-hydrogen) atoms. The average molecular weight is 874 g/mol. The number of hydrogen-bond donors (Lipinski definition) is 1. The molecule has 4 atom stereocenters. The number of non-ortho nitro benzene ring substituents is 1. The number of benzene rings is 5. The number of methoxy groups -OCH3 is 2. The Labute approximate surface area is 360 Å². The van der Waals surface area contributed by atoms with Gasteiger partial charge in [0.15, 0.2) is 23.7 Å². The van der Waals surface area contributed by atoms with Crippen molar-refractivity contribution in [3.63, 3.8) is 0 Å². The van der Waals surface area contributed by atoms with Crippen LogP contribution in [0.5, 0.6) is 17.2 Å². The van der Waals surface area contributed by atoms with Crippen LogP contribution < -0.4 is 24.2 Å². The Balaban J connectivity index is 1.15. The first-order chi connectivity index (χ1) is 30.1. The van der Waals surface area contributed by atoms with E-state index in [0.29, 0.717) is 28.2 Å². The predicted octanol–water partition coefficient (Wildman–Crippen LogP) is 7.35. The lowest BCUT2D eigenvalue weighted by Crippen LogP contribution is -2.38. The maximum Gasteiger partial charge on any atom is 0.269 e. The number of amides is 1. The van der Waals surface area contributed by atoms with E-state index >= 15 is 0 Å². The summed E-state index contributed by atoms with van der Waals surface area (Å²) in [5.41, 5.74) is 1.96. The van der Waals surface area contributed by atoms with Gasteiger partial charge in [0.25, 0.3) is 11.6 Å². The highest BCUT2D eigenvalue weighted by Gasteiger charge is 2.44. The Bertz CT molecular complexity index is 2660. The molecule has 0 spiro atoms. The predicted molar refractivity (Wildman–Crippen MR) is 229 cm³/mol. The molecule has 0 aliphatic carbocycles. The summed E-state index contributed by atoms with van der Waals surface area (Å²) in [6.07, 6.45) is 0.118. The molecular formula is C44H38N6O10PS-. The smallest absolute Gasteiger partial charge is 0.269 e. The van der Waals surface area contributed by atoms with E-state index in [0.717, 1.165) is 16.7 Å². The highest BCUT2D eigenvalue weighted by Crippen LogP contribution is 2.48. The van der Waals surface area contributed by atoms with Gasteiger partial charge in [0.1, 0.15) is 41.5 Å². The molecule has 2 aromatic heterocycles. The van der Waals surface area contributed by atoms with Crippen molar-refractivity contribution in [3.05, 3.63) is 178 Å². The Morgan fingerprint density at radius 3 is 2.02 bits per heavy atom. The number of nitro groups is 1. The maximum atomic E-state index is 14.0. The quantitative estimate of drug-likeness (QED) is 0.0438. The molecule has 1 amide bonds. The van der Waals surface area contributed by atoms with Crippen LogP contribution in [0.1, 0.15) is 39.7 Å². The van der Waals surface area contributed by atoms with E-state index < -0.39 is 35.7 Å². The van der Waals surface area contributed by atoms with Crippen molar-refractivity contribution in [2.45, 2.75) is 30.5 Å². The number of imidazole rings is 1. The Morgan fingerprint density at radius 1 is 0.839 bits per heavy atom. The van der Waals surface area contributed by atoms with Crippen LogP contribution in [-0.4, -0.2) is 63.4 Å². The monoisotopic (exact) mass is 873 g/mol. The number of ether oxygens (including phenoxy) is 4. The van der Waals surface area contributed by atoms with Crippen LogP contribution in [-0.2, 0) is 31.4 Å². The lowest BCUT2D eigenvalue weighted by Gasteiger charge is -2.38. The SMILES string of the molecule is COc1ccc(C(OC[C@H]2O[C@@H](n3cnc4c(NC(=O)c5ccccc5)ncnc43)C[C@@H]2OP([O-])(=S)Oc2ccc([N+](=O)[O-])cc2)(c2ccccc2)c2ccc(OC)cc2)cc1. The van der Waals surface area contributed by atoms with Crippen molar-refractivity contribution in [2.75, 3.05) is 26.1 Å². The van der Waals surface area contributed by atoms with Gasteiger partial charge in [-0.05, 0) is 77.0 Å². The number of anilines is 1. The summed E-state index contributed by atoms with van der Waals surface area (Å²) in [6.45, 7) is -4.49. The van der Waals surface area contributed by atoms with Gasteiger partial charge in [0.05, 0.1) is 38.2 Å². The standard InChI is InChI=1S/C44H39N6O10PS/c1-55-34-19-13-31(14-20-34)44(30-11-7-4-8-12-30,32-15-21-35(56-2)22-16-32)57-26-38-37(60-61(54,62)59-36-23-17-33(18-24-36)50(52)53)25-39(58-38)49-28-47-40-41(45-27-46-42(40)49)48-43(51)29-9-5-3-6-10-29/h3-24,27-28,37-39H,25-26H2,1-2H3,(H,54,62)(H,45,46,48,51)/p-1/t37-,38+,39+,61?/m0/s1. The van der Waals surface area contributed by atoms with Crippen LogP contribution in [0.15, 0.2) is 146 Å². The molecule has 1 saturated heterocycles. The summed E-state index contributed by atoms with van der Waals surface area (Å²) in [5.74, 6) is 1.12. The van der Waals surface area contributed by atoms with Crippen molar-refractivity contribution in [2.24, 2.45) is 0 Å². The number of nitro benzene ring substituents is 1. The van der Waals surface area contributed by atoms with E-state index in [9.17, 15) is 19.8 Å². The van der Waals surface area contributed by atoms with Crippen molar-refractivity contribution in [3.8, 4) is 17.2 Å². The molecule has 1 aliphatic heterocycles. The topological polar surface area (TPSA) is 194 Å². The van der Waals surface area contributed by atoms with Crippen LogP contribution in [0.2, 0.25) is 0 Å². The molecule has 16 nitrogen and oxygen atoms in total. The van der Waals surface area contributed by atoms with Gasteiger partial charge in [0, 0.05) is 24.1 Å². The summed E-state index contributed by atoms with van der Waals surface area (Å²) in [5, 5.41) is 14.1. The van der Waals surface area contributed by atoms with E-state index in [2.05, 4.69) is 20.3 Å². The Morgan fingerprint density at radius 2 is 1.42 bits per heavy atom. The molecule has 7 aromatic rings. The minimum absolute atomic E-state index is 0.0155. The molecular weight excluding hydrogens is 836 g/mol. The Hall–Kier alpha value is -6.59. The number of fused-ring (bicyclic) bond motifs is 1. The largest absolute Gasteiger partial charge is 0.770 e. The van der Waals surface area contributed by atoms with E-state index in [1.165, 1.54) is 36.9 Å². The van der Waals surface area contributed by atoms with E-state index in [-0.39, 0.29) is 36.2 Å². The first-order valence-corrected chi connectivity index (χ1v) is 21.7. The second kappa shape index (κ2) is 18.2. The fourth-order valence-electron chi connectivity index (χ4n) is 7.28. The highest BCUT2D eigenvalue weighted by atomic mass is 32.5. The molecule has 316 valence electrons. The number of nitrogens with one attached hydrogen (secondary N) is 1. The Kier molecular flexibility index (Phi) is 12.3. The minimum Gasteiger partial charge on any atom is -0.770 e. The summed E-state index contributed by atoms with van der Waals surface area (Å²) >= 11 is 5.42. The van der Waals surface area contributed by atoms with Crippen LogP contribution in [0, 0.1) is 10.1 Å². The maximum absolute atomic E-state index is 14.0. The normalized spacial score (nSPS) is 17.2. The summed E-state index contributed by atoms with van der Waals surface area (Å²) in [6, 6.07) is 38.4. The average Bonchev–Trinajstić information content (AvgIpc) is 3.91. The van der Waals surface area contributed by atoms with Gasteiger partial charge in [-0.3, -0.25) is 19.5 Å². The molecule has 0 bridgehead atoms. The van der Waals surface area contributed by atoms with Gasteiger partial charge in [-0.1, -0.05) is 72.8 Å². The van der Waals surface area contributed by atoms with Gasteiger partial charge >= 0.3 is 0 Å². The fourth-order valence-corrected chi connectivity index (χ4v) is 8.85. The summed E-state index contributed by atoms with van der Waals surface area (Å²) in [4.78, 5) is 51.1. The zero-order valence-corrected chi connectivity index (χ0v) is 34.9. The first-order valence-electron chi connectivity index (χ1n) is 19.2. The number of aromatic nitrogens is 4. The highest BCUT2D eigenvalue weighted by molar-refractivity contribution is 8.06. The van der Waals surface area contributed by atoms with Crippen LogP contribution in [0.4, 0.5) is 11.5 Å². The second-order valence-electron chi connectivity index (χ2n) is 14.0. The zero-order valence-electron chi connectivity index (χ0n) is 33.2. The van der Waals surface area contributed by atoms with Crippen molar-refractivity contribution in [1.82, 2.24) is 19.5 Å². The molecule has 1 unspecified atom stereocenters. The van der Waals surface area contributed by atoms with Crippen LogP contribution >= 0.6 is 6.72 Å². The van der Waals surface area contributed by atoms with Crippen molar-refractivity contribution >= 4 is 47.1 Å². The summed E-state index contributed by atoms with van der Waals surface area (Å²) in [7, 11) is 3.18. The van der Waals surface area contributed by atoms with Gasteiger partial charge in [-0.2, -0.15) is 0 Å². The molecule has 18 heteroatoms. The number of carbonyl (C=O) groups is 1. The van der Waals surface area contributed by atoms with Crippen LogP contribution in [0.25, 0.3) is 11.2 Å². The molecule has 0 saturated carbocycles. The van der Waals surface area contributed by atoms with Gasteiger partial charge in [-0.25, -0.2) is 15.0 Å². The van der Waals surface area contributed by atoms with Gasteiger partial charge in [-0.15, -0.1) is 0 Å². The number of rotatable bonds is 16. The fraction of sp³-hybridized carbons (Fsp3) is 0.182. The van der Waals surface area contributed by atoms with E-state index in [1.54, 1.807) is 43.1 Å². The molecule has 1 N–H and O–H groups in total. The third kappa shape index (κ3) is 8.90. The van der Waals surface area contributed by atoms with Gasteiger partial charge in [0.2, 0.25) is 0 Å². The second-order valence-corrected chi connectivity index (χ2v) is 16.6. The number of nitrogens with zero attached hydrogens (tertiary/aromatic N) is 5. The third-order valence-corrected chi connectivity index (χ3v) is 11.7. The minimum atomic E-state index is -4.35. The zero-order chi connectivity index (χ0) is 43.3. The van der Waals surface area contributed by atoms with Crippen LogP contribution in [0.3, 0.4) is 0 Å². The molecule has 1 fully saturated rings.